The van der Waals surface area contributed by atoms with E-state index in [9.17, 15) is 14.7 Å². The zero-order chi connectivity index (χ0) is 18.5. The number of fused-ring (bicyclic) bond motifs is 1. The Morgan fingerprint density at radius 2 is 2.08 bits per heavy atom. The highest BCUT2D eigenvalue weighted by atomic mass is 32.2. The molecular weight excluding hydrogens is 368 g/mol. The summed E-state index contributed by atoms with van der Waals surface area (Å²) >= 11 is 3.41. The Labute approximate surface area is 161 Å². The van der Waals surface area contributed by atoms with Crippen LogP contribution in [0.4, 0.5) is 5.69 Å². The van der Waals surface area contributed by atoms with Crippen molar-refractivity contribution < 1.29 is 14.7 Å². The van der Waals surface area contributed by atoms with Gasteiger partial charge < -0.3 is 10.4 Å². The van der Waals surface area contributed by atoms with E-state index in [-0.39, 0.29) is 5.91 Å². The third-order valence-electron chi connectivity index (χ3n) is 4.78. The molecule has 0 unspecified atom stereocenters. The van der Waals surface area contributed by atoms with Crippen molar-refractivity contribution in [2.24, 2.45) is 11.8 Å². The van der Waals surface area contributed by atoms with Crippen LogP contribution in [0.15, 0.2) is 22.5 Å². The molecule has 140 valence electrons. The van der Waals surface area contributed by atoms with Crippen molar-refractivity contribution in [2.75, 3.05) is 11.1 Å². The van der Waals surface area contributed by atoms with E-state index in [1.807, 2.05) is 18.2 Å². The highest BCUT2D eigenvalue weighted by Crippen LogP contribution is 2.33. The van der Waals surface area contributed by atoms with Gasteiger partial charge in [-0.15, -0.1) is 11.3 Å². The normalized spacial score (nSPS) is 20.2. The number of benzene rings is 1. The molecule has 0 saturated heterocycles. The van der Waals surface area contributed by atoms with E-state index in [1.165, 1.54) is 12.8 Å². The number of carboxylic acid groups (broad SMARTS) is 1. The molecule has 3 rings (SSSR count). The SMILES string of the molecule is CCCCSc1nc2ccc(NC(=O)[C@H]3CCCC[C@@H]3C(=O)O)cc2s1. The van der Waals surface area contributed by atoms with Gasteiger partial charge in [0.05, 0.1) is 22.1 Å². The molecule has 7 heteroatoms. The molecule has 2 aromatic rings. The molecule has 0 bridgehead atoms. The Bertz CT molecular complexity index is 790. The molecule has 5 nitrogen and oxygen atoms in total. The second-order valence-corrected chi connectivity index (χ2v) is 9.06. The molecule has 1 aromatic carbocycles. The fourth-order valence-corrected chi connectivity index (χ4v) is 5.58. The number of anilines is 1. The molecular formula is C19H24N2O3S2. The summed E-state index contributed by atoms with van der Waals surface area (Å²) in [6.45, 7) is 2.18. The number of nitrogens with zero attached hydrogens (tertiary/aromatic N) is 1. The highest BCUT2D eigenvalue weighted by molar-refractivity contribution is 8.01. The monoisotopic (exact) mass is 392 g/mol. The smallest absolute Gasteiger partial charge is 0.307 e. The predicted octanol–water partition coefficient (Wildman–Crippen LogP) is 5.02. The van der Waals surface area contributed by atoms with E-state index in [1.54, 1.807) is 23.1 Å². The fourth-order valence-electron chi connectivity index (χ4n) is 3.32. The van der Waals surface area contributed by atoms with E-state index in [0.717, 1.165) is 33.2 Å². The van der Waals surface area contributed by atoms with Crippen LogP contribution in [0.5, 0.6) is 0 Å². The van der Waals surface area contributed by atoms with Crippen molar-refractivity contribution in [1.29, 1.82) is 0 Å². The number of hydrogen-bond donors (Lipinski definition) is 2. The van der Waals surface area contributed by atoms with Crippen LogP contribution in [0.1, 0.15) is 45.4 Å². The molecule has 1 saturated carbocycles. The minimum absolute atomic E-state index is 0.182. The minimum Gasteiger partial charge on any atom is -0.481 e. The van der Waals surface area contributed by atoms with E-state index < -0.39 is 17.8 Å². The average Bonchev–Trinajstić information content (AvgIpc) is 3.04. The number of aliphatic carboxylic acids is 1. The summed E-state index contributed by atoms with van der Waals surface area (Å²) in [6.07, 6.45) is 5.37. The summed E-state index contributed by atoms with van der Waals surface area (Å²) in [5.74, 6) is -0.996. The second kappa shape index (κ2) is 8.86. The number of carboxylic acids is 1. The van der Waals surface area contributed by atoms with Crippen molar-refractivity contribution >= 4 is 50.9 Å². The van der Waals surface area contributed by atoms with E-state index in [0.29, 0.717) is 18.5 Å². The minimum atomic E-state index is -0.864. The van der Waals surface area contributed by atoms with Crippen LogP contribution in [-0.2, 0) is 9.59 Å². The summed E-state index contributed by atoms with van der Waals surface area (Å²) in [5.41, 5.74) is 1.65. The van der Waals surface area contributed by atoms with Gasteiger partial charge in [-0.25, -0.2) is 4.98 Å². The Hall–Kier alpha value is -1.60. The number of thioether (sulfide) groups is 1. The number of thiazole rings is 1. The van der Waals surface area contributed by atoms with Crippen molar-refractivity contribution in [1.82, 2.24) is 4.98 Å². The van der Waals surface area contributed by atoms with Gasteiger partial charge in [0.25, 0.3) is 0 Å². The number of carbonyl (C=O) groups is 2. The Kier molecular flexibility index (Phi) is 6.53. The van der Waals surface area contributed by atoms with Gasteiger partial charge in [-0.3, -0.25) is 9.59 Å². The van der Waals surface area contributed by atoms with Crippen LogP contribution in [0.2, 0.25) is 0 Å². The zero-order valence-corrected chi connectivity index (χ0v) is 16.5. The predicted molar refractivity (Wildman–Crippen MR) is 107 cm³/mol. The lowest BCUT2D eigenvalue weighted by Gasteiger charge is -2.27. The lowest BCUT2D eigenvalue weighted by molar-refractivity contribution is -0.147. The van der Waals surface area contributed by atoms with Crippen LogP contribution in [0.3, 0.4) is 0 Å². The topological polar surface area (TPSA) is 79.3 Å². The van der Waals surface area contributed by atoms with Crippen molar-refractivity contribution in [3.8, 4) is 0 Å². The number of hydrogen-bond acceptors (Lipinski definition) is 5. The molecule has 1 aliphatic rings. The van der Waals surface area contributed by atoms with Crippen molar-refractivity contribution in [3.05, 3.63) is 18.2 Å². The van der Waals surface area contributed by atoms with Gasteiger partial charge in [-0.05, 0) is 37.5 Å². The van der Waals surface area contributed by atoms with Crippen LogP contribution >= 0.6 is 23.1 Å². The summed E-state index contributed by atoms with van der Waals surface area (Å²) in [6, 6.07) is 5.70. The van der Waals surface area contributed by atoms with Gasteiger partial charge in [0, 0.05) is 11.4 Å². The lowest BCUT2D eigenvalue weighted by atomic mass is 9.78. The van der Waals surface area contributed by atoms with E-state index in [4.69, 9.17) is 0 Å². The molecule has 0 spiro atoms. The largest absolute Gasteiger partial charge is 0.481 e. The van der Waals surface area contributed by atoms with Crippen molar-refractivity contribution in [3.63, 3.8) is 0 Å². The standard InChI is InChI=1S/C19H24N2O3S2/c1-2-3-10-25-19-21-15-9-8-12(11-16(15)26-19)20-17(22)13-6-4-5-7-14(13)18(23)24/h8-9,11,13-14H,2-7,10H2,1H3,(H,20,22)(H,23,24)/t13-,14-/m0/s1. The average molecular weight is 393 g/mol. The van der Waals surface area contributed by atoms with Crippen LogP contribution < -0.4 is 5.32 Å². The maximum atomic E-state index is 12.6. The molecule has 2 atom stereocenters. The van der Waals surface area contributed by atoms with Crippen molar-refractivity contribution in [2.45, 2.75) is 49.8 Å². The summed E-state index contributed by atoms with van der Waals surface area (Å²) < 4.78 is 2.09. The molecule has 1 aliphatic carbocycles. The lowest BCUT2D eigenvalue weighted by Crippen LogP contribution is -2.36. The Balaban J connectivity index is 1.69. The molecule has 0 aliphatic heterocycles. The third-order valence-corrected chi connectivity index (χ3v) is 7.03. The van der Waals surface area contributed by atoms with Gasteiger partial charge in [0.15, 0.2) is 4.34 Å². The molecule has 26 heavy (non-hydrogen) atoms. The summed E-state index contributed by atoms with van der Waals surface area (Å²) in [5, 5.41) is 12.3. The number of rotatable bonds is 7. The number of nitrogens with one attached hydrogen (secondary N) is 1. The maximum absolute atomic E-state index is 12.6. The van der Waals surface area contributed by atoms with Gasteiger partial charge in [-0.2, -0.15) is 0 Å². The molecule has 2 N–H and O–H groups in total. The number of carbonyl (C=O) groups excluding carboxylic acids is 1. The van der Waals surface area contributed by atoms with Gasteiger partial charge >= 0.3 is 5.97 Å². The van der Waals surface area contributed by atoms with E-state index in [2.05, 4.69) is 17.2 Å². The first kappa shape index (κ1) is 19.2. The fraction of sp³-hybridized carbons (Fsp3) is 0.526. The third kappa shape index (κ3) is 4.57. The van der Waals surface area contributed by atoms with Gasteiger partial charge in [0.1, 0.15) is 0 Å². The van der Waals surface area contributed by atoms with Gasteiger partial charge in [-0.1, -0.05) is 37.9 Å². The van der Waals surface area contributed by atoms with Crippen LogP contribution in [0.25, 0.3) is 10.2 Å². The number of amides is 1. The van der Waals surface area contributed by atoms with Crippen LogP contribution in [0, 0.1) is 11.8 Å². The Morgan fingerprint density at radius 3 is 2.81 bits per heavy atom. The zero-order valence-electron chi connectivity index (χ0n) is 14.9. The first-order valence-corrected chi connectivity index (χ1v) is 11.0. The molecule has 0 radical (unpaired) electrons. The second-order valence-electron chi connectivity index (χ2n) is 6.69. The molecule has 1 aromatic heterocycles. The first-order valence-electron chi connectivity index (χ1n) is 9.15. The summed E-state index contributed by atoms with van der Waals surface area (Å²) in [4.78, 5) is 28.6. The molecule has 1 fully saturated rings. The quantitative estimate of drug-likeness (QED) is 0.511. The first-order chi connectivity index (χ1) is 12.6. The van der Waals surface area contributed by atoms with E-state index >= 15 is 0 Å². The Morgan fingerprint density at radius 1 is 1.31 bits per heavy atom. The van der Waals surface area contributed by atoms with Gasteiger partial charge in [0.2, 0.25) is 5.91 Å². The number of unbranched alkanes of at least 4 members (excludes halogenated alkanes) is 1. The maximum Gasteiger partial charge on any atom is 0.307 e. The molecule has 1 amide bonds. The number of aromatic nitrogens is 1. The molecule has 1 heterocycles. The highest BCUT2D eigenvalue weighted by Gasteiger charge is 2.35. The van der Waals surface area contributed by atoms with Crippen LogP contribution in [-0.4, -0.2) is 27.7 Å². The summed E-state index contributed by atoms with van der Waals surface area (Å²) in [7, 11) is 0.